The molecule has 0 aromatic heterocycles. The SMILES string of the molecule is O=C(COC(=O)Cc1ccc(S(=O)(=O)N2CCCCC2)cc1)NCCc1ccc(Cl)cc1. The highest BCUT2D eigenvalue weighted by Gasteiger charge is 2.25. The Balaban J connectivity index is 1.40. The number of esters is 1. The molecule has 7 nitrogen and oxygen atoms in total. The molecule has 9 heteroatoms. The maximum Gasteiger partial charge on any atom is 0.310 e. The second-order valence-corrected chi connectivity index (χ2v) is 10.0. The van der Waals surface area contributed by atoms with Crippen molar-refractivity contribution in [2.24, 2.45) is 0 Å². The summed E-state index contributed by atoms with van der Waals surface area (Å²) in [5, 5.41) is 3.36. The Bertz CT molecular complexity index is 1020. The summed E-state index contributed by atoms with van der Waals surface area (Å²) in [5.41, 5.74) is 1.66. The summed E-state index contributed by atoms with van der Waals surface area (Å²) < 4.78 is 31.9. The normalized spacial score (nSPS) is 14.7. The first-order chi connectivity index (χ1) is 15.3. The Morgan fingerprint density at radius 2 is 1.56 bits per heavy atom. The lowest BCUT2D eigenvalue weighted by atomic mass is 10.1. The molecule has 3 rings (SSSR count). The average Bonchev–Trinajstić information content (AvgIpc) is 2.80. The lowest BCUT2D eigenvalue weighted by molar-refractivity contribution is -0.147. The minimum absolute atomic E-state index is 0.0396. The van der Waals surface area contributed by atoms with Gasteiger partial charge in [0.25, 0.3) is 5.91 Å². The highest BCUT2D eigenvalue weighted by molar-refractivity contribution is 7.89. The molecule has 2 aromatic rings. The summed E-state index contributed by atoms with van der Waals surface area (Å²) in [6.45, 7) is 1.14. The number of carbonyl (C=O) groups excluding carboxylic acids is 2. The van der Waals surface area contributed by atoms with Crippen LogP contribution >= 0.6 is 11.6 Å². The van der Waals surface area contributed by atoms with E-state index in [1.54, 1.807) is 24.3 Å². The van der Waals surface area contributed by atoms with Gasteiger partial charge in [-0.2, -0.15) is 4.31 Å². The highest BCUT2D eigenvalue weighted by atomic mass is 35.5. The van der Waals surface area contributed by atoms with Crippen LogP contribution in [-0.2, 0) is 37.2 Å². The van der Waals surface area contributed by atoms with Crippen LogP contribution in [0.25, 0.3) is 0 Å². The zero-order valence-electron chi connectivity index (χ0n) is 17.8. The van der Waals surface area contributed by atoms with Gasteiger partial charge >= 0.3 is 5.97 Å². The number of amides is 1. The molecule has 0 spiro atoms. The molecule has 0 atom stereocenters. The van der Waals surface area contributed by atoms with Crippen molar-refractivity contribution in [3.8, 4) is 0 Å². The van der Waals surface area contributed by atoms with E-state index in [4.69, 9.17) is 16.3 Å². The number of nitrogens with zero attached hydrogens (tertiary/aromatic N) is 1. The van der Waals surface area contributed by atoms with E-state index >= 15 is 0 Å². The van der Waals surface area contributed by atoms with Crippen molar-refractivity contribution in [2.75, 3.05) is 26.2 Å². The van der Waals surface area contributed by atoms with Crippen LogP contribution in [-0.4, -0.2) is 50.8 Å². The number of benzene rings is 2. The fourth-order valence-electron chi connectivity index (χ4n) is 3.45. The number of rotatable bonds is 9. The number of hydrogen-bond acceptors (Lipinski definition) is 5. The summed E-state index contributed by atoms with van der Waals surface area (Å²) in [4.78, 5) is 24.1. The number of ether oxygens (including phenoxy) is 1. The van der Waals surface area contributed by atoms with E-state index in [9.17, 15) is 18.0 Å². The third-order valence-corrected chi connectivity index (χ3v) is 7.40. The summed E-state index contributed by atoms with van der Waals surface area (Å²) in [6.07, 6.45) is 3.40. The Morgan fingerprint density at radius 3 is 2.22 bits per heavy atom. The molecule has 1 fully saturated rings. The van der Waals surface area contributed by atoms with Crippen molar-refractivity contribution >= 4 is 33.5 Å². The molecule has 1 N–H and O–H groups in total. The van der Waals surface area contributed by atoms with E-state index in [1.807, 2.05) is 12.1 Å². The first-order valence-corrected chi connectivity index (χ1v) is 12.4. The molecule has 1 heterocycles. The maximum absolute atomic E-state index is 12.7. The van der Waals surface area contributed by atoms with Crippen LogP contribution < -0.4 is 5.32 Å². The Hall–Kier alpha value is -2.42. The predicted octanol–water partition coefficient (Wildman–Crippen LogP) is 2.96. The number of hydrogen-bond donors (Lipinski definition) is 1. The third-order valence-electron chi connectivity index (χ3n) is 5.24. The van der Waals surface area contributed by atoms with Gasteiger partial charge in [0.2, 0.25) is 10.0 Å². The highest BCUT2D eigenvalue weighted by Crippen LogP contribution is 2.21. The van der Waals surface area contributed by atoms with Gasteiger partial charge in [-0.05, 0) is 54.7 Å². The van der Waals surface area contributed by atoms with Gasteiger partial charge in [-0.15, -0.1) is 0 Å². The first-order valence-electron chi connectivity index (χ1n) is 10.6. The lowest BCUT2D eigenvalue weighted by Crippen LogP contribution is -2.35. The molecule has 0 aliphatic carbocycles. The summed E-state index contributed by atoms with van der Waals surface area (Å²) in [6, 6.07) is 13.6. The van der Waals surface area contributed by atoms with E-state index in [2.05, 4.69) is 5.32 Å². The molecule has 0 bridgehead atoms. The standard InChI is InChI=1S/C23H27ClN2O5S/c24-20-8-4-18(5-9-20)12-13-25-22(27)17-31-23(28)16-19-6-10-21(11-7-19)32(29,30)26-14-2-1-3-15-26/h4-11H,1-3,12-17H2,(H,25,27). The quantitative estimate of drug-likeness (QED) is 0.559. The molecular weight excluding hydrogens is 452 g/mol. The molecule has 1 aliphatic rings. The Kier molecular flexibility index (Phi) is 8.67. The fraction of sp³-hybridized carbons (Fsp3) is 0.391. The number of halogens is 1. The number of nitrogens with one attached hydrogen (secondary N) is 1. The van der Waals surface area contributed by atoms with Crippen LogP contribution in [0.3, 0.4) is 0 Å². The minimum atomic E-state index is -3.50. The second kappa shape index (κ2) is 11.4. The predicted molar refractivity (Wildman–Crippen MR) is 122 cm³/mol. The molecule has 0 saturated carbocycles. The van der Waals surface area contributed by atoms with Crippen molar-refractivity contribution in [1.82, 2.24) is 9.62 Å². The van der Waals surface area contributed by atoms with Crippen LogP contribution in [0.4, 0.5) is 0 Å². The minimum Gasteiger partial charge on any atom is -0.455 e. The second-order valence-electron chi connectivity index (χ2n) is 7.67. The molecule has 1 amide bonds. The molecule has 1 aliphatic heterocycles. The van der Waals surface area contributed by atoms with Crippen LogP contribution in [0.5, 0.6) is 0 Å². The van der Waals surface area contributed by atoms with Crippen molar-refractivity contribution in [3.63, 3.8) is 0 Å². The number of carbonyl (C=O) groups is 2. The summed E-state index contributed by atoms with van der Waals surface area (Å²) >= 11 is 5.84. The van der Waals surface area contributed by atoms with Gasteiger partial charge in [0.1, 0.15) is 0 Å². The van der Waals surface area contributed by atoms with Crippen LogP contribution in [0.1, 0.15) is 30.4 Å². The summed E-state index contributed by atoms with van der Waals surface area (Å²) in [7, 11) is -3.50. The van der Waals surface area contributed by atoms with Crippen LogP contribution in [0, 0.1) is 0 Å². The van der Waals surface area contributed by atoms with Crippen molar-refractivity contribution in [1.29, 1.82) is 0 Å². The largest absolute Gasteiger partial charge is 0.455 e. The average molecular weight is 479 g/mol. The number of piperidine rings is 1. The zero-order valence-corrected chi connectivity index (χ0v) is 19.3. The lowest BCUT2D eigenvalue weighted by Gasteiger charge is -2.25. The van der Waals surface area contributed by atoms with E-state index in [1.165, 1.54) is 16.4 Å². The topological polar surface area (TPSA) is 92.8 Å². The van der Waals surface area contributed by atoms with Gasteiger partial charge < -0.3 is 10.1 Å². The molecule has 0 radical (unpaired) electrons. The fourth-order valence-corrected chi connectivity index (χ4v) is 5.09. The van der Waals surface area contributed by atoms with Crippen molar-refractivity contribution in [3.05, 3.63) is 64.7 Å². The van der Waals surface area contributed by atoms with Crippen LogP contribution in [0.2, 0.25) is 5.02 Å². The smallest absolute Gasteiger partial charge is 0.310 e. The molecule has 2 aromatic carbocycles. The van der Waals surface area contributed by atoms with Gasteiger partial charge in [-0.1, -0.05) is 42.3 Å². The third kappa shape index (κ3) is 7.05. The molecular formula is C23H27ClN2O5S. The van der Waals surface area contributed by atoms with Crippen LogP contribution in [0.15, 0.2) is 53.4 Å². The van der Waals surface area contributed by atoms with Gasteiger partial charge in [-0.3, -0.25) is 9.59 Å². The van der Waals surface area contributed by atoms with E-state index < -0.39 is 16.0 Å². The van der Waals surface area contributed by atoms with Gasteiger partial charge in [0, 0.05) is 24.7 Å². The Labute approximate surface area is 193 Å². The summed E-state index contributed by atoms with van der Waals surface area (Å²) in [5.74, 6) is -0.931. The van der Waals surface area contributed by atoms with Crippen molar-refractivity contribution < 1.29 is 22.7 Å². The monoisotopic (exact) mass is 478 g/mol. The van der Waals surface area contributed by atoms with E-state index in [0.717, 1.165) is 24.8 Å². The molecule has 0 unspecified atom stereocenters. The van der Waals surface area contributed by atoms with Gasteiger partial charge in [-0.25, -0.2) is 8.42 Å². The van der Waals surface area contributed by atoms with E-state index in [0.29, 0.717) is 36.6 Å². The maximum atomic E-state index is 12.7. The van der Waals surface area contributed by atoms with Gasteiger partial charge in [0.05, 0.1) is 11.3 Å². The molecule has 172 valence electrons. The van der Waals surface area contributed by atoms with Crippen molar-refractivity contribution in [2.45, 2.75) is 37.0 Å². The first kappa shape index (κ1) is 24.2. The Morgan fingerprint density at radius 1 is 0.938 bits per heavy atom. The molecule has 32 heavy (non-hydrogen) atoms. The number of sulfonamides is 1. The van der Waals surface area contributed by atoms with E-state index in [-0.39, 0.29) is 23.8 Å². The zero-order chi connectivity index (χ0) is 23.0. The van der Waals surface area contributed by atoms with Gasteiger partial charge in [0.15, 0.2) is 6.61 Å². The molecule has 1 saturated heterocycles.